The van der Waals surface area contributed by atoms with Crippen LogP contribution in [0.1, 0.15) is 44.2 Å². The van der Waals surface area contributed by atoms with Crippen LogP contribution < -0.4 is 5.32 Å². The van der Waals surface area contributed by atoms with E-state index in [4.69, 9.17) is 0 Å². The zero-order valence-corrected chi connectivity index (χ0v) is 13.7. The lowest BCUT2D eigenvalue weighted by Gasteiger charge is -2.26. The summed E-state index contributed by atoms with van der Waals surface area (Å²) in [6.07, 6.45) is 10.2. The first kappa shape index (κ1) is 17.2. The third-order valence-electron chi connectivity index (χ3n) is 4.15. The number of amides is 1. The summed E-state index contributed by atoms with van der Waals surface area (Å²) in [5, 5.41) is 2.85. The molecule has 1 unspecified atom stereocenters. The summed E-state index contributed by atoms with van der Waals surface area (Å²) in [5.41, 5.74) is 1.37. The Kier molecular flexibility index (Phi) is 6.32. The molecule has 5 heteroatoms. The van der Waals surface area contributed by atoms with Gasteiger partial charge in [-0.1, -0.05) is 18.9 Å². The van der Waals surface area contributed by atoms with Crippen molar-refractivity contribution in [3.05, 3.63) is 42.0 Å². The molecule has 1 fully saturated rings. The number of nitrogens with one attached hydrogen (secondary N) is 1. The van der Waals surface area contributed by atoms with Crippen molar-refractivity contribution in [3.63, 3.8) is 0 Å². The molecule has 1 amide bonds. The van der Waals surface area contributed by atoms with Crippen LogP contribution in [0.3, 0.4) is 0 Å². The Hall–Kier alpha value is -2.17. The first-order chi connectivity index (χ1) is 11.2. The van der Waals surface area contributed by atoms with Crippen LogP contribution in [-0.2, 0) is 4.79 Å². The van der Waals surface area contributed by atoms with Crippen LogP contribution in [0.2, 0.25) is 0 Å². The molecule has 1 N–H and O–H groups in total. The maximum absolute atomic E-state index is 13.7. The van der Waals surface area contributed by atoms with Crippen molar-refractivity contribution < 1.29 is 9.18 Å². The summed E-state index contributed by atoms with van der Waals surface area (Å²) < 4.78 is 13.7. The molecule has 0 spiro atoms. The quantitative estimate of drug-likeness (QED) is 0.550. The van der Waals surface area contributed by atoms with Crippen molar-refractivity contribution in [1.29, 1.82) is 0 Å². The van der Waals surface area contributed by atoms with E-state index in [1.54, 1.807) is 42.7 Å². The minimum absolute atomic E-state index is 0.107. The molecule has 0 bridgehead atoms. The number of benzene rings is 1. The number of hydrogen-bond donors (Lipinski definition) is 1. The Morgan fingerprint density at radius 1 is 1.48 bits per heavy atom. The van der Waals surface area contributed by atoms with Crippen molar-refractivity contribution in [3.8, 4) is 0 Å². The van der Waals surface area contributed by atoms with Crippen molar-refractivity contribution >= 4 is 18.3 Å². The van der Waals surface area contributed by atoms with Gasteiger partial charge in [0.05, 0.1) is 11.7 Å². The van der Waals surface area contributed by atoms with Gasteiger partial charge in [0, 0.05) is 25.7 Å². The van der Waals surface area contributed by atoms with Crippen molar-refractivity contribution in [2.45, 2.75) is 38.6 Å². The van der Waals surface area contributed by atoms with Gasteiger partial charge in [0.15, 0.2) is 0 Å². The lowest BCUT2D eigenvalue weighted by Crippen LogP contribution is -2.22. The first-order valence-electron chi connectivity index (χ1n) is 8.04. The molecule has 2 rings (SSSR count). The molecule has 0 radical (unpaired) electrons. The largest absolute Gasteiger partial charge is 0.386 e. The van der Waals surface area contributed by atoms with Gasteiger partial charge < -0.3 is 10.2 Å². The molecule has 0 heterocycles. The van der Waals surface area contributed by atoms with Crippen molar-refractivity contribution in [2.24, 2.45) is 10.9 Å². The Labute approximate surface area is 137 Å². The highest BCUT2D eigenvalue weighted by Gasteiger charge is 2.25. The second-order valence-electron chi connectivity index (χ2n) is 5.78. The van der Waals surface area contributed by atoms with Crippen LogP contribution in [0.5, 0.6) is 0 Å². The van der Waals surface area contributed by atoms with Crippen molar-refractivity contribution in [1.82, 2.24) is 4.90 Å². The molecular weight excluding hydrogens is 293 g/mol. The fourth-order valence-corrected chi connectivity index (χ4v) is 2.64. The van der Waals surface area contributed by atoms with E-state index in [1.165, 1.54) is 18.9 Å². The Morgan fingerprint density at radius 3 is 2.87 bits per heavy atom. The van der Waals surface area contributed by atoms with Gasteiger partial charge in [-0.05, 0) is 43.4 Å². The van der Waals surface area contributed by atoms with Crippen LogP contribution >= 0.6 is 0 Å². The zero-order valence-electron chi connectivity index (χ0n) is 13.7. The highest BCUT2D eigenvalue weighted by molar-refractivity contribution is 5.55. The van der Waals surface area contributed by atoms with E-state index in [1.807, 2.05) is 6.92 Å². The summed E-state index contributed by atoms with van der Waals surface area (Å²) in [5.74, 6) is 0.480. The highest BCUT2D eigenvalue weighted by Crippen LogP contribution is 2.38. The molecule has 1 aliphatic carbocycles. The van der Waals surface area contributed by atoms with E-state index in [9.17, 15) is 9.18 Å². The fourth-order valence-electron chi connectivity index (χ4n) is 2.64. The van der Waals surface area contributed by atoms with Crippen LogP contribution in [0.15, 0.2) is 35.6 Å². The van der Waals surface area contributed by atoms with Gasteiger partial charge in [0.25, 0.3) is 0 Å². The van der Waals surface area contributed by atoms with Gasteiger partial charge in [-0.25, -0.2) is 4.39 Å². The molecule has 4 nitrogen and oxygen atoms in total. The van der Waals surface area contributed by atoms with E-state index in [0.717, 1.165) is 30.7 Å². The second-order valence-corrected chi connectivity index (χ2v) is 5.78. The molecule has 0 saturated heterocycles. The molecule has 1 saturated carbocycles. The maximum Gasteiger partial charge on any atom is 0.214 e. The SMILES string of the molecule is CC=N/C=C\N(C=O)C(CCC1CC1)c1ccc(F)c(NC)c1. The number of anilines is 1. The molecule has 1 aromatic carbocycles. The number of carbonyl (C=O) groups is 1. The number of carbonyl (C=O) groups excluding carboxylic acids is 1. The van der Waals surface area contributed by atoms with Crippen LogP contribution in [0, 0.1) is 11.7 Å². The summed E-state index contributed by atoms with van der Waals surface area (Å²) >= 11 is 0. The normalized spacial score (nSPS) is 16.0. The van der Waals surface area contributed by atoms with E-state index in [2.05, 4.69) is 10.3 Å². The maximum atomic E-state index is 13.7. The van der Waals surface area contributed by atoms with Crippen LogP contribution in [0.4, 0.5) is 10.1 Å². The predicted molar refractivity (Wildman–Crippen MR) is 91.9 cm³/mol. The fraction of sp³-hybridized carbons (Fsp3) is 0.444. The monoisotopic (exact) mass is 317 g/mol. The minimum atomic E-state index is -0.291. The van der Waals surface area contributed by atoms with Gasteiger partial charge in [0.2, 0.25) is 6.41 Å². The van der Waals surface area contributed by atoms with Gasteiger partial charge >= 0.3 is 0 Å². The van der Waals surface area contributed by atoms with Gasteiger partial charge in [-0.2, -0.15) is 0 Å². The van der Waals surface area contributed by atoms with Gasteiger partial charge in [-0.3, -0.25) is 9.79 Å². The van der Waals surface area contributed by atoms with E-state index >= 15 is 0 Å². The smallest absolute Gasteiger partial charge is 0.214 e. The molecular formula is C18H24FN3O. The molecule has 1 aromatic rings. The van der Waals surface area contributed by atoms with E-state index in [0.29, 0.717) is 5.69 Å². The number of hydrogen-bond acceptors (Lipinski definition) is 3. The average Bonchev–Trinajstić information content (AvgIpc) is 3.38. The van der Waals surface area contributed by atoms with Gasteiger partial charge in [0.1, 0.15) is 5.82 Å². The average molecular weight is 317 g/mol. The Balaban J connectivity index is 2.25. The summed E-state index contributed by atoms with van der Waals surface area (Å²) in [7, 11) is 1.69. The lowest BCUT2D eigenvalue weighted by atomic mass is 9.98. The van der Waals surface area contributed by atoms with Gasteiger partial charge in [-0.15, -0.1) is 0 Å². The number of nitrogens with zero attached hydrogens (tertiary/aromatic N) is 2. The summed E-state index contributed by atoms with van der Waals surface area (Å²) in [4.78, 5) is 17.2. The number of rotatable bonds is 9. The molecule has 0 aliphatic heterocycles. The highest BCUT2D eigenvalue weighted by atomic mass is 19.1. The van der Waals surface area contributed by atoms with Crippen LogP contribution in [0.25, 0.3) is 0 Å². The summed E-state index contributed by atoms with van der Waals surface area (Å²) in [6.45, 7) is 1.82. The van der Waals surface area contributed by atoms with Crippen LogP contribution in [-0.4, -0.2) is 24.6 Å². The minimum Gasteiger partial charge on any atom is -0.386 e. The number of halogens is 1. The summed E-state index contributed by atoms with van der Waals surface area (Å²) in [6, 6.07) is 4.87. The lowest BCUT2D eigenvalue weighted by molar-refractivity contribution is -0.117. The molecule has 1 aliphatic rings. The third-order valence-corrected chi connectivity index (χ3v) is 4.15. The molecule has 0 aromatic heterocycles. The molecule has 23 heavy (non-hydrogen) atoms. The standard InChI is InChI=1S/C18H24FN3O/c1-3-21-10-11-22(13-23)18(9-6-14-4-5-14)15-7-8-16(19)17(12-15)20-2/h3,7-8,10-14,18,20H,4-6,9H2,1-2H3/b11-10-,21-3?. The number of aliphatic imine (C=N–C) groups is 1. The van der Waals surface area contributed by atoms with E-state index in [-0.39, 0.29) is 11.9 Å². The molecule has 124 valence electrons. The molecule has 1 atom stereocenters. The predicted octanol–water partition coefficient (Wildman–Crippen LogP) is 4.12. The Bertz CT molecular complexity index is 582. The first-order valence-corrected chi connectivity index (χ1v) is 8.04. The zero-order chi connectivity index (χ0) is 16.7. The van der Waals surface area contributed by atoms with Crippen molar-refractivity contribution in [2.75, 3.05) is 12.4 Å². The van der Waals surface area contributed by atoms with E-state index < -0.39 is 0 Å². The second kappa shape index (κ2) is 8.46. The Morgan fingerprint density at radius 2 is 2.26 bits per heavy atom. The topological polar surface area (TPSA) is 44.7 Å². The third kappa shape index (κ3) is 4.91.